The molecule has 1 aromatic carbocycles. The van der Waals surface area contributed by atoms with E-state index in [0.29, 0.717) is 23.9 Å². The summed E-state index contributed by atoms with van der Waals surface area (Å²) in [5.41, 5.74) is 2.77. The van der Waals surface area contributed by atoms with Crippen LogP contribution >= 0.6 is 15.9 Å². The van der Waals surface area contributed by atoms with Crippen LogP contribution in [-0.2, 0) is 6.54 Å². The Hall–Kier alpha value is -2.80. The molecule has 0 aliphatic rings. The number of aromatic nitrogens is 3. The van der Waals surface area contributed by atoms with Gasteiger partial charge in [0.25, 0.3) is 5.91 Å². The van der Waals surface area contributed by atoms with Crippen molar-refractivity contribution in [3.05, 3.63) is 76.3 Å². The molecule has 2 heterocycles. The molecule has 1 amide bonds. The van der Waals surface area contributed by atoms with E-state index in [0.717, 1.165) is 15.7 Å². The minimum absolute atomic E-state index is 0.260. The number of nitrogens with one attached hydrogen (secondary N) is 2. The maximum absolute atomic E-state index is 12.4. The van der Waals surface area contributed by atoms with Crippen LogP contribution in [0.25, 0.3) is 0 Å². The molecule has 25 heavy (non-hydrogen) atoms. The lowest BCUT2D eigenvalue weighted by Gasteiger charge is -2.10. The maximum atomic E-state index is 12.4. The SMILES string of the molecule is Cc1cc(C(=O)NCc2cccnc2)nc(Nc2ccccc2Br)n1. The highest BCUT2D eigenvalue weighted by Gasteiger charge is 2.11. The van der Waals surface area contributed by atoms with E-state index in [9.17, 15) is 4.79 Å². The predicted octanol–water partition coefficient (Wildman–Crippen LogP) is 3.62. The van der Waals surface area contributed by atoms with E-state index in [4.69, 9.17) is 0 Å². The molecule has 0 fully saturated rings. The highest BCUT2D eigenvalue weighted by molar-refractivity contribution is 9.10. The molecule has 0 aliphatic carbocycles. The average Bonchev–Trinajstić information content (AvgIpc) is 2.62. The summed E-state index contributed by atoms with van der Waals surface area (Å²) in [4.78, 5) is 25.1. The number of rotatable bonds is 5. The van der Waals surface area contributed by atoms with Crippen LogP contribution in [0.4, 0.5) is 11.6 Å². The summed E-state index contributed by atoms with van der Waals surface area (Å²) in [5.74, 6) is 0.114. The molecular formula is C18H16BrN5O. The van der Waals surface area contributed by atoms with Gasteiger partial charge in [-0.2, -0.15) is 0 Å². The Morgan fingerprint density at radius 1 is 1.16 bits per heavy atom. The highest BCUT2D eigenvalue weighted by Crippen LogP contribution is 2.23. The molecule has 0 bridgehead atoms. The predicted molar refractivity (Wildman–Crippen MR) is 99.6 cm³/mol. The largest absolute Gasteiger partial charge is 0.347 e. The van der Waals surface area contributed by atoms with Gasteiger partial charge in [-0.1, -0.05) is 18.2 Å². The summed E-state index contributed by atoms with van der Waals surface area (Å²) in [6.45, 7) is 2.22. The zero-order valence-electron chi connectivity index (χ0n) is 13.5. The molecule has 7 heteroatoms. The van der Waals surface area contributed by atoms with Crippen molar-refractivity contribution < 1.29 is 4.79 Å². The minimum atomic E-state index is -0.260. The number of pyridine rings is 1. The van der Waals surface area contributed by atoms with Crippen LogP contribution in [0.1, 0.15) is 21.7 Å². The van der Waals surface area contributed by atoms with Crippen molar-refractivity contribution in [1.82, 2.24) is 20.3 Å². The second-order valence-electron chi connectivity index (χ2n) is 5.37. The van der Waals surface area contributed by atoms with Gasteiger partial charge in [-0.25, -0.2) is 9.97 Å². The molecule has 0 atom stereocenters. The van der Waals surface area contributed by atoms with Crippen molar-refractivity contribution in [3.63, 3.8) is 0 Å². The first kappa shape index (κ1) is 17.0. The number of para-hydroxylation sites is 1. The van der Waals surface area contributed by atoms with Gasteiger partial charge in [0, 0.05) is 29.1 Å². The minimum Gasteiger partial charge on any atom is -0.347 e. The average molecular weight is 398 g/mol. The van der Waals surface area contributed by atoms with Gasteiger partial charge in [0.1, 0.15) is 5.69 Å². The van der Waals surface area contributed by atoms with Crippen molar-refractivity contribution in [2.45, 2.75) is 13.5 Å². The van der Waals surface area contributed by atoms with Crippen LogP contribution in [0, 0.1) is 6.92 Å². The number of amides is 1. The van der Waals surface area contributed by atoms with Gasteiger partial charge in [-0.05, 0) is 52.7 Å². The Labute approximate surface area is 153 Å². The number of aryl methyl sites for hydroxylation is 1. The fourth-order valence-corrected chi connectivity index (χ4v) is 2.58. The Morgan fingerprint density at radius 2 is 2.00 bits per heavy atom. The molecule has 0 radical (unpaired) electrons. The fourth-order valence-electron chi connectivity index (χ4n) is 2.20. The molecule has 2 N–H and O–H groups in total. The second-order valence-corrected chi connectivity index (χ2v) is 6.22. The first-order valence-electron chi connectivity index (χ1n) is 7.66. The van der Waals surface area contributed by atoms with Crippen LogP contribution in [0.5, 0.6) is 0 Å². The van der Waals surface area contributed by atoms with Gasteiger partial charge in [0.05, 0.1) is 5.69 Å². The molecule has 6 nitrogen and oxygen atoms in total. The van der Waals surface area contributed by atoms with E-state index >= 15 is 0 Å². The highest BCUT2D eigenvalue weighted by atomic mass is 79.9. The Morgan fingerprint density at radius 3 is 2.76 bits per heavy atom. The third-order valence-electron chi connectivity index (χ3n) is 3.38. The quantitative estimate of drug-likeness (QED) is 0.687. The van der Waals surface area contributed by atoms with E-state index in [-0.39, 0.29) is 5.91 Å². The lowest BCUT2D eigenvalue weighted by atomic mass is 10.2. The van der Waals surface area contributed by atoms with Crippen LogP contribution < -0.4 is 10.6 Å². The third-order valence-corrected chi connectivity index (χ3v) is 4.07. The number of anilines is 2. The number of hydrogen-bond donors (Lipinski definition) is 2. The van der Waals surface area contributed by atoms with Crippen LogP contribution in [0.15, 0.2) is 59.3 Å². The molecule has 0 aliphatic heterocycles. The first-order valence-corrected chi connectivity index (χ1v) is 8.45. The van der Waals surface area contributed by atoms with Crippen molar-refractivity contribution in [2.24, 2.45) is 0 Å². The Balaban J connectivity index is 1.74. The monoisotopic (exact) mass is 397 g/mol. The van der Waals surface area contributed by atoms with E-state index < -0.39 is 0 Å². The van der Waals surface area contributed by atoms with E-state index in [1.54, 1.807) is 18.5 Å². The lowest BCUT2D eigenvalue weighted by molar-refractivity contribution is 0.0945. The summed E-state index contributed by atoms with van der Waals surface area (Å²) in [5, 5.41) is 5.96. The zero-order chi connectivity index (χ0) is 17.6. The topological polar surface area (TPSA) is 79.8 Å². The van der Waals surface area contributed by atoms with Crippen molar-refractivity contribution in [2.75, 3.05) is 5.32 Å². The molecule has 0 saturated carbocycles. The van der Waals surface area contributed by atoms with Crippen molar-refractivity contribution >= 4 is 33.5 Å². The molecular weight excluding hydrogens is 382 g/mol. The molecule has 3 rings (SSSR count). The Bertz CT molecular complexity index is 886. The molecule has 0 unspecified atom stereocenters. The third kappa shape index (κ3) is 4.60. The van der Waals surface area contributed by atoms with Gasteiger partial charge in [0.2, 0.25) is 5.95 Å². The maximum Gasteiger partial charge on any atom is 0.270 e. The van der Waals surface area contributed by atoms with Gasteiger partial charge in [-0.15, -0.1) is 0 Å². The smallest absolute Gasteiger partial charge is 0.270 e. The van der Waals surface area contributed by atoms with Crippen molar-refractivity contribution in [3.8, 4) is 0 Å². The fraction of sp³-hybridized carbons (Fsp3) is 0.111. The number of carbonyl (C=O) groups is 1. The van der Waals surface area contributed by atoms with Crippen molar-refractivity contribution in [1.29, 1.82) is 0 Å². The van der Waals surface area contributed by atoms with E-state index in [2.05, 4.69) is 41.5 Å². The van der Waals surface area contributed by atoms with Crippen LogP contribution in [-0.4, -0.2) is 20.9 Å². The summed E-state index contributed by atoms with van der Waals surface area (Å²) in [6.07, 6.45) is 3.41. The standard InChI is InChI=1S/C18H16BrN5O/c1-12-9-16(17(25)21-11-13-5-4-8-20-10-13)24-18(22-12)23-15-7-3-2-6-14(15)19/h2-10H,11H2,1H3,(H,21,25)(H,22,23,24). The summed E-state index contributed by atoms with van der Waals surface area (Å²) in [7, 11) is 0. The van der Waals surface area contributed by atoms with Crippen LogP contribution in [0.2, 0.25) is 0 Å². The first-order chi connectivity index (χ1) is 12.1. The van der Waals surface area contributed by atoms with E-state index in [1.807, 2.05) is 43.3 Å². The van der Waals surface area contributed by atoms with E-state index in [1.165, 1.54) is 0 Å². The molecule has 3 aromatic rings. The van der Waals surface area contributed by atoms with Crippen LogP contribution in [0.3, 0.4) is 0 Å². The van der Waals surface area contributed by atoms with Gasteiger partial charge < -0.3 is 10.6 Å². The second kappa shape index (κ2) is 7.85. The summed E-state index contributed by atoms with van der Waals surface area (Å²) in [6, 6.07) is 13.0. The molecule has 0 saturated heterocycles. The number of halogens is 1. The number of carbonyl (C=O) groups excluding carboxylic acids is 1. The summed E-state index contributed by atoms with van der Waals surface area (Å²) >= 11 is 3.47. The summed E-state index contributed by atoms with van der Waals surface area (Å²) < 4.78 is 0.891. The lowest BCUT2D eigenvalue weighted by Crippen LogP contribution is -2.24. The number of nitrogens with zero attached hydrogens (tertiary/aromatic N) is 3. The van der Waals surface area contributed by atoms with Gasteiger partial charge in [-0.3, -0.25) is 9.78 Å². The number of benzene rings is 1. The molecule has 126 valence electrons. The number of hydrogen-bond acceptors (Lipinski definition) is 5. The zero-order valence-corrected chi connectivity index (χ0v) is 15.1. The van der Waals surface area contributed by atoms with Gasteiger partial charge >= 0.3 is 0 Å². The molecule has 0 spiro atoms. The Kier molecular flexibility index (Phi) is 5.35. The van der Waals surface area contributed by atoms with Gasteiger partial charge in [0.15, 0.2) is 0 Å². The normalized spacial score (nSPS) is 10.3. The molecule has 2 aromatic heterocycles.